The average molecular weight is 374 g/mol. The standard InChI is InChI=1S/C21H24F2N2O2/c22-17-8-9-20(19(23)11-17)27-10-4-7-21(26)25-13-16(12-24)18(14-25)15-5-2-1-3-6-15/h1-3,5-6,8-9,11,16,18H,4,7,10,12-14,24H2/t16-,18+/m1/s1. The van der Waals surface area contributed by atoms with Crippen LogP contribution in [-0.2, 0) is 4.79 Å². The van der Waals surface area contributed by atoms with E-state index in [2.05, 4.69) is 12.1 Å². The maximum Gasteiger partial charge on any atom is 0.222 e. The summed E-state index contributed by atoms with van der Waals surface area (Å²) in [6, 6.07) is 13.3. The normalized spacial score (nSPS) is 19.3. The molecule has 0 saturated carbocycles. The second-order valence-corrected chi connectivity index (χ2v) is 6.84. The maximum atomic E-state index is 13.5. The zero-order valence-corrected chi connectivity index (χ0v) is 15.1. The Bertz CT molecular complexity index is 770. The highest BCUT2D eigenvalue weighted by atomic mass is 19.1. The molecule has 6 heteroatoms. The highest BCUT2D eigenvalue weighted by Gasteiger charge is 2.34. The molecule has 144 valence electrons. The molecule has 1 saturated heterocycles. The Balaban J connectivity index is 1.48. The molecule has 2 aromatic carbocycles. The zero-order valence-electron chi connectivity index (χ0n) is 15.1. The van der Waals surface area contributed by atoms with Crippen molar-refractivity contribution in [3.63, 3.8) is 0 Å². The lowest BCUT2D eigenvalue weighted by Crippen LogP contribution is -2.29. The van der Waals surface area contributed by atoms with Crippen LogP contribution in [0.1, 0.15) is 24.3 Å². The van der Waals surface area contributed by atoms with Crippen molar-refractivity contribution in [3.8, 4) is 5.75 Å². The van der Waals surface area contributed by atoms with Crippen molar-refractivity contribution in [2.75, 3.05) is 26.2 Å². The maximum absolute atomic E-state index is 13.5. The van der Waals surface area contributed by atoms with E-state index in [1.54, 1.807) is 0 Å². The SMILES string of the molecule is NC[C@@H]1CN(C(=O)CCCOc2ccc(F)cc2F)C[C@H]1c1ccccc1. The van der Waals surface area contributed by atoms with Crippen molar-refractivity contribution in [1.82, 2.24) is 4.90 Å². The monoisotopic (exact) mass is 374 g/mol. The third kappa shape index (κ3) is 4.83. The van der Waals surface area contributed by atoms with Crippen LogP contribution in [0.5, 0.6) is 5.75 Å². The van der Waals surface area contributed by atoms with Crippen LogP contribution in [0.4, 0.5) is 8.78 Å². The number of hydrogen-bond donors (Lipinski definition) is 1. The molecular weight excluding hydrogens is 350 g/mol. The third-order valence-electron chi connectivity index (χ3n) is 5.01. The van der Waals surface area contributed by atoms with E-state index < -0.39 is 11.6 Å². The second-order valence-electron chi connectivity index (χ2n) is 6.84. The topological polar surface area (TPSA) is 55.6 Å². The lowest BCUT2D eigenvalue weighted by atomic mass is 9.89. The van der Waals surface area contributed by atoms with Crippen LogP contribution in [0.2, 0.25) is 0 Å². The van der Waals surface area contributed by atoms with Crippen molar-refractivity contribution in [2.24, 2.45) is 11.7 Å². The molecule has 0 bridgehead atoms. The van der Waals surface area contributed by atoms with E-state index in [-0.39, 0.29) is 30.1 Å². The van der Waals surface area contributed by atoms with Crippen LogP contribution in [0.3, 0.4) is 0 Å². The Morgan fingerprint density at radius 3 is 2.63 bits per heavy atom. The van der Waals surface area contributed by atoms with Crippen LogP contribution >= 0.6 is 0 Å². The Morgan fingerprint density at radius 1 is 1.15 bits per heavy atom. The minimum absolute atomic E-state index is 0.00245. The van der Waals surface area contributed by atoms with Gasteiger partial charge in [-0.1, -0.05) is 30.3 Å². The number of nitrogens with zero attached hydrogens (tertiary/aromatic N) is 1. The number of likely N-dealkylation sites (tertiary alicyclic amines) is 1. The highest BCUT2D eigenvalue weighted by molar-refractivity contribution is 5.76. The number of halogens is 2. The molecule has 0 radical (unpaired) electrons. The van der Waals surface area contributed by atoms with E-state index >= 15 is 0 Å². The average Bonchev–Trinajstić information content (AvgIpc) is 3.12. The molecular formula is C21H24F2N2O2. The molecule has 1 aliphatic rings. The van der Waals surface area contributed by atoms with Gasteiger partial charge in [0.05, 0.1) is 6.61 Å². The van der Waals surface area contributed by atoms with Crippen LogP contribution < -0.4 is 10.5 Å². The number of nitrogens with two attached hydrogens (primary N) is 1. The smallest absolute Gasteiger partial charge is 0.222 e. The predicted molar refractivity (Wildman–Crippen MR) is 99.4 cm³/mol. The van der Waals surface area contributed by atoms with E-state index in [1.807, 2.05) is 23.1 Å². The predicted octanol–water partition coefficient (Wildman–Crippen LogP) is 3.32. The summed E-state index contributed by atoms with van der Waals surface area (Å²) in [5.74, 6) is -0.832. The number of carbonyl (C=O) groups is 1. The molecule has 27 heavy (non-hydrogen) atoms. The van der Waals surface area contributed by atoms with E-state index in [4.69, 9.17) is 10.5 Å². The van der Waals surface area contributed by atoms with Gasteiger partial charge in [0.25, 0.3) is 0 Å². The summed E-state index contributed by atoms with van der Waals surface area (Å²) in [5, 5.41) is 0. The Labute approximate surface area is 157 Å². The first-order chi connectivity index (χ1) is 13.1. The third-order valence-corrected chi connectivity index (χ3v) is 5.01. The van der Waals surface area contributed by atoms with E-state index in [0.29, 0.717) is 32.5 Å². The van der Waals surface area contributed by atoms with Gasteiger partial charge in [0, 0.05) is 31.5 Å². The van der Waals surface area contributed by atoms with Gasteiger partial charge in [0.2, 0.25) is 5.91 Å². The lowest BCUT2D eigenvalue weighted by Gasteiger charge is -2.17. The van der Waals surface area contributed by atoms with Crippen molar-refractivity contribution in [1.29, 1.82) is 0 Å². The molecule has 3 rings (SSSR count). The van der Waals surface area contributed by atoms with Gasteiger partial charge in [-0.3, -0.25) is 4.79 Å². The van der Waals surface area contributed by atoms with Gasteiger partial charge in [-0.15, -0.1) is 0 Å². The summed E-state index contributed by atoms with van der Waals surface area (Å²) in [4.78, 5) is 14.4. The number of benzene rings is 2. The highest BCUT2D eigenvalue weighted by Crippen LogP contribution is 2.32. The first kappa shape index (κ1) is 19.3. The molecule has 2 aromatic rings. The molecule has 1 aliphatic heterocycles. The zero-order chi connectivity index (χ0) is 19.2. The minimum atomic E-state index is -0.739. The van der Waals surface area contributed by atoms with Crippen molar-refractivity contribution in [2.45, 2.75) is 18.8 Å². The summed E-state index contributed by atoms with van der Waals surface area (Å²) in [5.41, 5.74) is 7.12. The van der Waals surface area contributed by atoms with Crippen LogP contribution in [0.25, 0.3) is 0 Å². The van der Waals surface area contributed by atoms with E-state index in [0.717, 1.165) is 12.1 Å². The second kappa shape index (κ2) is 8.95. The first-order valence-corrected chi connectivity index (χ1v) is 9.19. The molecule has 0 unspecified atom stereocenters. The lowest BCUT2D eigenvalue weighted by molar-refractivity contribution is -0.130. The number of carbonyl (C=O) groups excluding carboxylic acids is 1. The van der Waals surface area contributed by atoms with Crippen molar-refractivity contribution < 1.29 is 18.3 Å². The van der Waals surface area contributed by atoms with E-state index in [1.165, 1.54) is 11.6 Å². The molecule has 0 aromatic heterocycles. The summed E-state index contributed by atoms with van der Waals surface area (Å²) in [7, 11) is 0. The number of ether oxygens (including phenoxy) is 1. The van der Waals surface area contributed by atoms with E-state index in [9.17, 15) is 13.6 Å². The van der Waals surface area contributed by atoms with Crippen molar-refractivity contribution in [3.05, 3.63) is 65.7 Å². The quantitative estimate of drug-likeness (QED) is 0.757. The summed E-state index contributed by atoms with van der Waals surface area (Å²) in [6.45, 7) is 2.06. The van der Waals surface area contributed by atoms with Gasteiger partial charge in [0.1, 0.15) is 5.82 Å². The van der Waals surface area contributed by atoms with Gasteiger partial charge >= 0.3 is 0 Å². The van der Waals surface area contributed by atoms with Gasteiger partial charge in [-0.2, -0.15) is 0 Å². The van der Waals surface area contributed by atoms with Gasteiger partial charge in [-0.25, -0.2) is 8.78 Å². The van der Waals surface area contributed by atoms with Crippen LogP contribution in [-0.4, -0.2) is 37.0 Å². The van der Waals surface area contributed by atoms with Crippen LogP contribution in [0, 0.1) is 17.6 Å². The summed E-state index contributed by atoms with van der Waals surface area (Å²) >= 11 is 0. The van der Waals surface area contributed by atoms with Crippen LogP contribution in [0.15, 0.2) is 48.5 Å². The minimum Gasteiger partial charge on any atom is -0.491 e. The summed E-state index contributed by atoms with van der Waals surface area (Å²) in [6.07, 6.45) is 0.789. The Kier molecular flexibility index (Phi) is 6.40. The molecule has 4 nitrogen and oxygen atoms in total. The molecule has 1 amide bonds. The molecule has 2 N–H and O–H groups in total. The Hall–Kier alpha value is -2.47. The molecule has 1 fully saturated rings. The van der Waals surface area contributed by atoms with Gasteiger partial charge in [0.15, 0.2) is 11.6 Å². The molecule has 2 atom stereocenters. The number of amides is 1. The van der Waals surface area contributed by atoms with Crippen molar-refractivity contribution >= 4 is 5.91 Å². The number of rotatable bonds is 7. The largest absolute Gasteiger partial charge is 0.491 e. The fourth-order valence-electron chi connectivity index (χ4n) is 3.55. The first-order valence-electron chi connectivity index (χ1n) is 9.19. The fraction of sp³-hybridized carbons (Fsp3) is 0.381. The van der Waals surface area contributed by atoms with Gasteiger partial charge < -0.3 is 15.4 Å². The summed E-state index contributed by atoms with van der Waals surface area (Å²) < 4.78 is 31.7. The molecule has 0 aliphatic carbocycles. The van der Waals surface area contributed by atoms with Gasteiger partial charge in [-0.05, 0) is 36.6 Å². The number of hydrogen-bond acceptors (Lipinski definition) is 3. The molecule has 1 heterocycles. The Morgan fingerprint density at radius 2 is 1.93 bits per heavy atom. The fourth-order valence-corrected chi connectivity index (χ4v) is 3.55. The molecule has 0 spiro atoms.